The first-order chi connectivity index (χ1) is 13.3. The largest absolute Gasteiger partial charge is 0.491 e. The standard InChI is InChI=1S/C21H25N3O3/c25-21(24-12-10-23(11-13-24)20-8-1-2-9-22-20)17-5-3-6-18(15-17)27-16-19-7-4-14-26-19/h1-3,5-6,8-9,15,19H,4,7,10-14,16H2. The summed E-state index contributed by atoms with van der Waals surface area (Å²) in [6.07, 6.45) is 4.11. The molecule has 0 N–H and O–H groups in total. The number of rotatable bonds is 5. The highest BCUT2D eigenvalue weighted by Gasteiger charge is 2.23. The molecule has 2 saturated heterocycles. The molecule has 2 fully saturated rings. The molecule has 142 valence electrons. The van der Waals surface area contributed by atoms with Gasteiger partial charge in [-0.1, -0.05) is 12.1 Å². The summed E-state index contributed by atoms with van der Waals surface area (Å²) in [7, 11) is 0. The van der Waals surface area contributed by atoms with E-state index in [1.807, 2.05) is 47.4 Å². The number of aromatic nitrogens is 1. The lowest BCUT2D eigenvalue weighted by atomic mass is 10.1. The van der Waals surface area contributed by atoms with Gasteiger partial charge in [0.1, 0.15) is 18.2 Å². The number of nitrogens with zero attached hydrogens (tertiary/aromatic N) is 3. The molecule has 1 amide bonds. The van der Waals surface area contributed by atoms with E-state index in [0.717, 1.165) is 44.1 Å². The van der Waals surface area contributed by atoms with Crippen LogP contribution in [0.4, 0.5) is 5.82 Å². The number of carbonyl (C=O) groups excluding carboxylic acids is 1. The van der Waals surface area contributed by atoms with Gasteiger partial charge < -0.3 is 19.3 Å². The Bertz CT molecular complexity index is 754. The van der Waals surface area contributed by atoms with Crippen molar-refractivity contribution in [2.45, 2.75) is 18.9 Å². The van der Waals surface area contributed by atoms with E-state index >= 15 is 0 Å². The highest BCUT2D eigenvalue weighted by atomic mass is 16.5. The molecule has 27 heavy (non-hydrogen) atoms. The van der Waals surface area contributed by atoms with Crippen molar-refractivity contribution in [3.63, 3.8) is 0 Å². The van der Waals surface area contributed by atoms with Crippen LogP contribution in [0.15, 0.2) is 48.7 Å². The number of piperazine rings is 1. The van der Waals surface area contributed by atoms with E-state index in [4.69, 9.17) is 9.47 Å². The molecule has 2 aliphatic heterocycles. The van der Waals surface area contributed by atoms with Crippen molar-refractivity contribution >= 4 is 11.7 Å². The maximum absolute atomic E-state index is 12.9. The predicted octanol–water partition coefficient (Wildman–Crippen LogP) is 2.60. The smallest absolute Gasteiger partial charge is 0.254 e. The third kappa shape index (κ3) is 4.39. The van der Waals surface area contributed by atoms with Crippen LogP contribution in [-0.2, 0) is 4.74 Å². The Kier molecular flexibility index (Phi) is 5.53. The summed E-state index contributed by atoms with van der Waals surface area (Å²) in [5.41, 5.74) is 0.672. The molecule has 3 heterocycles. The van der Waals surface area contributed by atoms with Gasteiger partial charge in [-0.05, 0) is 43.2 Å². The second-order valence-corrected chi connectivity index (χ2v) is 6.94. The molecule has 0 radical (unpaired) electrons. The van der Waals surface area contributed by atoms with Gasteiger partial charge in [-0.3, -0.25) is 4.79 Å². The lowest BCUT2D eigenvalue weighted by Crippen LogP contribution is -2.49. The number of ether oxygens (including phenoxy) is 2. The molecule has 0 saturated carbocycles. The molecule has 2 aliphatic rings. The topological polar surface area (TPSA) is 54.9 Å². The number of amides is 1. The van der Waals surface area contributed by atoms with E-state index in [9.17, 15) is 4.79 Å². The van der Waals surface area contributed by atoms with Gasteiger partial charge in [0.05, 0.1) is 6.10 Å². The Hall–Kier alpha value is -2.60. The summed E-state index contributed by atoms with van der Waals surface area (Å²) in [5.74, 6) is 1.75. The van der Waals surface area contributed by atoms with Crippen molar-refractivity contribution in [1.82, 2.24) is 9.88 Å². The second kappa shape index (κ2) is 8.39. The van der Waals surface area contributed by atoms with Gasteiger partial charge in [-0.2, -0.15) is 0 Å². The summed E-state index contributed by atoms with van der Waals surface area (Å²) in [4.78, 5) is 21.4. The molecular weight excluding hydrogens is 342 g/mol. The molecule has 1 aromatic heterocycles. The second-order valence-electron chi connectivity index (χ2n) is 6.94. The zero-order valence-corrected chi connectivity index (χ0v) is 15.4. The summed E-state index contributed by atoms with van der Waals surface area (Å²) in [6.45, 7) is 4.32. The number of benzene rings is 1. The SMILES string of the molecule is O=C(c1cccc(OCC2CCCO2)c1)N1CCN(c2ccccn2)CC1. The fraction of sp³-hybridized carbons (Fsp3) is 0.429. The summed E-state index contributed by atoms with van der Waals surface area (Å²) < 4.78 is 11.4. The van der Waals surface area contributed by atoms with Crippen molar-refractivity contribution in [1.29, 1.82) is 0 Å². The normalized spacial score (nSPS) is 19.9. The lowest BCUT2D eigenvalue weighted by Gasteiger charge is -2.35. The molecule has 6 heteroatoms. The van der Waals surface area contributed by atoms with Crippen molar-refractivity contribution in [3.05, 3.63) is 54.2 Å². The monoisotopic (exact) mass is 367 g/mol. The minimum Gasteiger partial charge on any atom is -0.491 e. The summed E-state index contributed by atoms with van der Waals surface area (Å²) in [6, 6.07) is 13.4. The molecule has 4 rings (SSSR count). The maximum atomic E-state index is 12.9. The average Bonchev–Trinajstić information content (AvgIpc) is 3.26. The highest BCUT2D eigenvalue weighted by Crippen LogP contribution is 2.19. The van der Waals surface area contributed by atoms with E-state index in [2.05, 4.69) is 9.88 Å². The zero-order chi connectivity index (χ0) is 18.5. The van der Waals surface area contributed by atoms with Crippen LogP contribution in [0.1, 0.15) is 23.2 Å². The minimum absolute atomic E-state index is 0.0539. The Morgan fingerprint density at radius 3 is 2.78 bits per heavy atom. The fourth-order valence-electron chi connectivity index (χ4n) is 3.55. The van der Waals surface area contributed by atoms with Gasteiger partial charge in [0, 0.05) is 44.5 Å². The number of hydrogen-bond donors (Lipinski definition) is 0. The van der Waals surface area contributed by atoms with Crippen LogP contribution in [0.2, 0.25) is 0 Å². The number of anilines is 1. The Labute approximate surface area is 159 Å². The molecule has 0 aliphatic carbocycles. The first-order valence-corrected chi connectivity index (χ1v) is 9.59. The molecule has 0 bridgehead atoms. The van der Waals surface area contributed by atoms with Gasteiger partial charge in [-0.15, -0.1) is 0 Å². The molecule has 0 spiro atoms. The average molecular weight is 367 g/mol. The van der Waals surface area contributed by atoms with Gasteiger partial charge >= 0.3 is 0 Å². The molecule has 1 atom stereocenters. The summed E-state index contributed by atoms with van der Waals surface area (Å²) in [5, 5.41) is 0. The maximum Gasteiger partial charge on any atom is 0.254 e. The Morgan fingerprint density at radius 2 is 2.04 bits per heavy atom. The highest BCUT2D eigenvalue weighted by molar-refractivity contribution is 5.94. The van der Waals surface area contributed by atoms with Gasteiger partial charge in [0.2, 0.25) is 0 Å². The lowest BCUT2D eigenvalue weighted by molar-refractivity contribution is 0.0677. The van der Waals surface area contributed by atoms with E-state index < -0.39 is 0 Å². The minimum atomic E-state index is 0.0539. The quantitative estimate of drug-likeness (QED) is 0.813. The molecule has 1 aromatic carbocycles. The zero-order valence-electron chi connectivity index (χ0n) is 15.4. The van der Waals surface area contributed by atoms with Crippen LogP contribution >= 0.6 is 0 Å². The third-order valence-electron chi connectivity index (χ3n) is 5.08. The van der Waals surface area contributed by atoms with Crippen LogP contribution in [0.3, 0.4) is 0 Å². The van der Waals surface area contributed by atoms with E-state index in [1.54, 1.807) is 6.20 Å². The van der Waals surface area contributed by atoms with Crippen LogP contribution < -0.4 is 9.64 Å². The Balaban J connectivity index is 1.33. The van der Waals surface area contributed by atoms with Crippen molar-refractivity contribution in [2.75, 3.05) is 44.3 Å². The van der Waals surface area contributed by atoms with E-state index in [1.165, 1.54) is 0 Å². The van der Waals surface area contributed by atoms with Crippen LogP contribution in [0.25, 0.3) is 0 Å². The molecular formula is C21H25N3O3. The number of pyridine rings is 1. The van der Waals surface area contributed by atoms with Gasteiger partial charge in [0.25, 0.3) is 5.91 Å². The van der Waals surface area contributed by atoms with E-state index in [0.29, 0.717) is 25.3 Å². The first-order valence-electron chi connectivity index (χ1n) is 9.59. The van der Waals surface area contributed by atoms with Crippen LogP contribution in [0.5, 0.6) is 5.75 Å². The van der Waals surface area contributed by atoms with E-state index in [-0.39, 0.29) is 12.0 Å². The van der Waals surface area contributed by atoms with Crippen LogP contribution in [-0.4, -0.2) is 61.3 Å². The van der Waals surface area contributed by atoms with Crippen LogP contribution in [0, 0.1) is 0 Å². The molecule has 1 unspecified atom stereocenters. The predicted molar refractivity (Wildman–Crippen MR) is 103 cm³/mol. The van der Waals surface area contributed by atoms with Crippen molar-refractivity contribution < 1.29 is 14.3 Å². The number of carbonyl (C=O) groups is 1. The molecule has 6 nitrogen and oxygen atoms in total. The Morgan fingerprint density at radius 1 is 1.15 bits per heavy atom. The van der Waals surface area contributed by atoms with Crippen molar-refractivity contribution in [3.8, 4) is 5.75 Å². The van der Waals surface area contributed by atoms with Gasteiger partial charge in [0.15, 0.2) is 0 Å². The van der Waals surface area contributed by atoms with Gasteiger partial charge in [-0.25, -0.2) is 4.98 Å². The number of hydrogen-bond acceptors (Lipinski definition) is 5. The first kappa shape index (κ1) is 17.8. The molecule has 2 aromatic rings. The fourth-order valence-corrected chi connectivity index (χ4v) is 3.55. The summed E-state index contributed by atoms with van der Waals surface area (Å²) >= 11 is 0. The third-order valence-corrected chi connectivity index (χ3v) is 5.08. The van der Waals surface area contributed by atoms with Crippen molar-refractivity contribution in [2.24, 2.45) is 0 Å².